The average Bonchev–Trinajstić information content (AvgIpc) is 2.75. The Balaban J connectivity index is 1.61. The molecular formula is C21H31N3O4. The van der Waals surface area contributed by atoms with Crippen LogP contribution in [0.5, 0.6) is 5.75 Å². The topological polar surface area (TPSA) is 79.9 Å². The Labute approximate surface area is 166 Å². The van der Waals surface area contributed by atoms with E-state index in [1.807, 2.05) is 24.3 Å². The lowest BCUT2D eigenvalue weighted by molar-refractivity contribution is -0.140. The first-order valence-electron chi connectivity index (χ1n) is 10.2. The third-order valence-corrected chi connectivity index (χ3v) is 5.57. The second-order valence-electron chi connectivity index (χ2n) is 7.46. The van der Waals surface area contributed by atoms with Crippen molar-refractivity contribution < 1.29 is 19.1 Å². The van der Waals surface area contributed by atoms with E-state index < -0.39 is 11.8 Å². The summed E-state index contributed by atoms with van der Waals surface area (Å²) in [6, 6.07) is 7.94. The summed E-state index contributed by atoms with van der Waals surface area (Å²) in [6.07, 6.45) is 5.35. The molecule has 7 nitrogen and oxygen atoms in total. The van der Waals surface area contributed by atoms with E-state index in [2.05, 4.69) is 15.5 Å². The first-order chi connectivity index (χ1) is 13.7. The molecule has 1 saturated heterocycles. The van der Waals surface area contributed by atoms with Crippen LogP contribution in [0.15, 0.2) is 24.3 Å². The average molecular weight is 389 g/mol. The molecular weight excluding hydrogens is 358 g/mol. The maximum Gasteiger partial charge on any atom is 0.309 e. The van der Waals surface area contributed by atoms with E-state index in [-0.39, 0.29) is 12.1 Å². The number of morpholine rings is 1. The van der Waals surface area contributed by atoms with Gasteiger partial charge < -0.3 is 20.1 Å². The van der Waals surface area contributed by atoms with E-state index in [1.54, 1.807) is 7.11 Å². The van der Waals surface area contributed by atoms with Crippen LogP contribution in [0.25, 0.3) is 0 Å². The Morgan fingerprint density at radius 3 is 2.64 bits per heavy atom. The van der Waals surface area contributed by atoms with Gasteiger partial charge in [-0.2, -0.15) is 0 Å². The van der Waals surface area contributed by atoms with Gasteiger partial charge in [0, 0.05) is 25.7 Å². The van der Waals surface area contributed by atoms with Crippen LogP contribution >= 0.6 is 0 Å². The van der Waals surface area contributed by atoms with Crippen molar-refractivity contribution >= 4 is 11.8 Å². The number of methoxy groups -OCH3 is 1. The van der Waals surface area contributed by atoms with Crippen LogP contribution in [-0.4, -0.2) is 62.7 Å². The van der Waals surface area contributed by atoms with Gasteiger partial charge in [0.15, 0.2) is 0 Å². The number of hydrogen-bond donors (Lipinski definition) is 2. The Bertz CT molecular complexity index is 655. The molecule has 0 radical (unpaired) electrons. The van der Waals surface area contributed by atoms with E-state index in [0.717, 1.165) is 50.1 Å². The van der Waals surface area contributed by atoms with Gasteiger partial charge in [0.25, 0.3) is 0 Å². The molecule has 1 atom stereocenters. The molecule has 2 amide bonds. The van der Waals surface area contributed by atoms with Crippen molar-refractivity contribution in [3.63, 3.8) is 0 Å². The Morgan fingerprint density at radius 1 is 1.18 bits per heavy atom. The highest BCUT2D eigenvalue weighted by Gasteiger charge is 2.26. The molecule has 1 unspecified atom stereocenters. The first kappa shape index (κ1) is 20.6. The molecule has 0 spiro atoms. The number of carbonyl (C=O) groups is 2. The zero-order chi connectivity index (χ0) is 19.8. The summed E-state index contributed by atoms with van der Waals surface area (Å²) in [7, 11) is 1.64. The third-order valence-electron chi connectivity index (χ3n) is 5.57. The van der Waals surface area contributed by atoms with Crippen LogP contribution in [0.3, 0.4) is 0 Å². The van der Waals surface area contributed by atoms with Crippen LogP contribution < -0.4 is 15.4 Å². The third kappa shape index (κ3) is 5.69. The molecule has 1 aliphatic carbocycles. The van der Waals surface area contributed by atoms with Gasteiger partial charge in [0.1, 0.15) is 5.75 Å². The van der Waals surface area contributed by atoms with Crippen LogP contribution in [-0.2, 0) is 14.3 Å². The lowest BCUT2D eigenvalue weighted by Gasteiger charge is -2.35. The van der Waals surface area contributed by atoms with Gasteiger partial charge >= 0.3 is 11.8 Å². The van der Waals surface area contributed by atoms with Crippen LogP contribution in [0.2, 0.25) is 0 Å². The number of nitrogens with one attached hydrogen (secondary N) is 2. The van der Waals surface area contributed by atoms with Gasteiger partial charge in [0.2, 0.25) is 0 Å². The smallest absolute Gasteiger partial charge is 0.309 e. The van der Waals surface area contributed by atoms with Gasteiger partial charge in [-0.25, -0.2) is 0 Å². The molecule has 7 heteroatoms. The monoisotopic (exact) mass is 389 g/mol. The molecule has 2 fully saturated rings. The fourth-order valence-corrected chi connectivity index (χ4v) is 3.96. The van der Waals surface area contributed by atoms with Crippen molar-refractivity contribution in [2.24, 2.45) is 0 Å². The van der Waals surface area contributed by atoms with Crippen molar-refractivity contribution in [1.82, 2.24) is 15.5 Å². The second kappa shape index (κ2) is 10.4. The summed E-state index contributed by atoms with van der Waals surface area (Å²) >= 11 is 0. The number of amides is 2. The van der Waals surface area contributed by atoms with Gasteiger partial charge in [0.05, 0.1) is 26.4 Å². The largest absolute Gasteiger partial charge is 0.497 e. The van der Waals surface area contributed by atoms with Crippen molar-refractivity contribution in [2.75, 3.05) is 40.0 Å². The predicted octanol–water partition coefficient (Wildman–Crippen LogP) is 1.63. The lowest BCUT2D eigenvalue weighted by atomic mass is 9.95. The molecule has 1 aliphatic heterocycles. The number of carbonyl (C=O) groups excluding carboxylic acids is 2. The second-order valence-corrected chi connectivity index (χ2v) is 7.46. The van der Waals surface area contributed by atoms with E-state index in [1.165, 1.54) is 6.42 Å². The molecule has 28 heavy (non-hydrogen) atoms. The fourth-order valence-electron chi connectivity index (χ4n) is 3.96. The number of nitrogens with zero attached hydrogens (tertiary/aromatic N) is 1. The van der Waals surface area contributed by atoms with Crippen LogP contribution in [0.4, 0.5) is 0 Å². The highest BCUT2D eigenvalue weighted by Crippen LogP contribution is 2.25. The summed E-state index contributed by atoms with van der Waals surface area (Å²) in [5, 5.41) is 5.71. The molecule has 154 valence electrons. The Kier molecular flexibility index (Phi) is 7.68. The van der Waals surface area contributed by atoms with Crippen molar-refractivity contribution in [3.05, 3.63) is 29.8 Å². The van der Waals surface area contributed by atoms with Gasteiger partial charge in [-0.3, -0.25) is 14.5 Å². The number of rotatable bonds is 6. The standard InChI is InChI=1S/C21H31N3O4/c1-27-18-9-5-6-16(14-18)19(24-10-12-28-13-11-24)15-22-20(25)21(26)23-17-7-3-2-4-8-17/h5-6,9,14,17,19H,2-4,7-8,10-13,15H2,1H3,(H,22,25)(H,23,26). The molecule has 1 aromatic rings. The summed E-state index contributed by atoms with van der Waals surface area (Å²) < 4.78 is 10.8. The maximum absolute atomic E-state index is 12.4. The highest BCUT2D eigenvalue weighted by atomic mass is 16.5. The van der Waals surface area contributed by atoms with Crippen LogP contribution in [0.1, 0.15) is 43.7 Å². The quantitative estimate of drug-likeness (QED) is 0.723. The molecule has 2 aliphatic rings. The lowest BCUT2D eigenvalue weighted by Crippen LogP contribution is -2.48. The van der Waals surface area contributed by atoms with Crippen molar-refractivity contribution in [1.29, 1.82) is 0 Å². The summed E-state index contributed by atoms with van der Waals surface area (Å²) in [4.78, 5) is 26.9. The van der Waals surface area contributed by atoms with E-state index in [4.69, 9.17) is 9.47 Å². The van der Waals surface area contributed by atoms with E-state index >= 15 is 0 Å². The van der Waals surface area contributed by atoms with Gasteiger partial charge in [-0.05, 0) is 30.5 Å². The number of ether oxygens (including phenoxy) is 2. The Hall–Kier alpha value is -2.12. The minimum absolute atomic E-state index is 0.0366. The molecule has 1 aromatic carbocycles. The van der Waals surface area contributed by atoms with Crippen molar-refractivity contribution in [3.8, 4) is 5.75 Å². The van der Waals surface area contributed by atoms with Crippen molar-refractivity contribution in [2.45, 2.75) is 44.2 Å². The minimum Gasteiger partial charge on any atom is -0.497 e. The molecule has 0 bridgehead atoms. The zero-order valence-electron chi connectivity index (χ0n) is 16.6. The van der Waals surface area contributed by atoms with E-state index in [0.29, 0.717) is 19.8 Å². The maximum atomic E-state index is 12.4. The highest BCUT2D eigenvalue weighted by molar-refractivity contribution is 6.35. The normalized spacial score (nSPS) is 19.6. The molecule has 1 saturated carbocycles. The SMILES string of the molecule is COc1cccc(C(CNC(=O)C(=O)NC2CCCCC2)N2CCOCC2)c1. The van der Waals surface area contributed by atoms with Gasteiger partial charge in [-0.1, -0.05) is 31.4 Å². The van der Waals surface area contributed by atoms with Gasteiger partial charge in [-0.15, -0.1) is 0 Å². The molecule has 0 aromatic heterocycles. The summed E-state index contributed by atoms with van der Waals surface area (Å²) in [5.41, 5.74) is 1.05. The summed E-state index contributed by atoms with van der Waals surface area (Å²) in [5.74, 6) is -0.317. The fraction of sp³-hybridized carbons (Fsp3) is 0.619. The number of hydrogen-bond acceptors (Lipinski definition) is 5. The first-order valence-corrected chi connectivity index (χ1v) is 10.2. The number of benzene rings is 1. The molecule has 3 rings (SSSR count). The minimum atomic E-state index is -0.563. The summed E-state index contributed by atoms with van der Waals surface area (Å²) in [6.45, 7) is 3.26. The van der Waals surface area contributed by atoms with E-state index in [9.17, 15) is 9.59 Å². The van der Waals surface area contributed by atoms with Crippen LogP contribution in [0, 0.1) is 0 Å². The molecule has 2 N–H and O–H groups in total. The molecule has 1 heterocycles. The predicted molar refractivity (Wildman–Crippen MR) is 106 cm³/mol. The Morgan fingerprint density at radius 2 is 1.93 bits per heavy atom. The zero-order valence-corrected chi connectivity index (χ0v) is 16.6.